The van der Waals surface area contributed by atoms with Gasteiger partial charge >= 0.3 is 0 Å². The summed E-state index contributed by atoms with van der Waals surface area (Å²) in [5.74, 6) is -0.139. The highest BCUT2D eigenvalue weighted by Gasteiger charge is 2.22. The van der Waals surface area contributed by atoms with Crippen molar-refractivity contribution in [3.8, 4) is 0 Å². The fraction of sp³-hybridized carbons (Fsp3) is 0.462. The van der Waals surface area contributed by atoms with E-state index in [-0.39, 0.29) is 11.9 Å². The minimum atomic E-state index is -0.561. The number of nitrogens with zero attached hydrogens (tertiary/aromatic N) is 1. The molecule has 0 radical (unpaired) electrons. The second-order valence-corrected chi connectivity index (χ2v) is 5.82. The highest BCUT2D eigenvalue weighted by molar-refractivity contribution is 9.10. The van der Waals surface area contributed by atoms with Crippen LogP contribution >= 0.6 is 27.5 Å². The molecule has 0 heterocycles. The van der Waals surface area contributed by atoms with E-state index in [1.807, 2.05) is 13.8 Å². The monoisotopic (exact) mass is 333 g/mol. The number of carbonyl (C=O) groups is 1. The van der Waals surface area contributed by atoms with Gasteiger partial charge in [0.25, 0.3) is 5.91 Å². The van der Waals surface area contributed by atoms with Crippen molar-refractivity contribution in [2.45, 2.75) is 32.9 Å². The van der Waals surface area contributed by atoms with E-state index in [0.29, 0.717) is 21.6 Å². The van der Waals surface area contributed by atoms with Crippen LogP contribution in [0.1, 0.15) is 31.1 Å². The zero-order valence-corrected chi connectivity index (χ0v) is 13.0. The van der Waals surface area contributed by atoms with Crippen LogP contribution in [0, 0.1) is 0 Å². The standard InChI is InChI=1S/C13H17BrClNO2/c1-8(2)16(7-9(3)17)13(18)11-6-10(15)4-5-12(11)14/h4-6,8-9,17H,7H2,1-3H3. The number of carbonyl (C=O) groups excluding carboxylic acids is 1. The zero-order valence-electron chi connectivity index (χ0n) is 10.7. The number of halogens is 2. The van der Waals surface area contributed by atoms with E-state index < -0.39 is 6.10 Å². The van der Waals surface area contributed by atoms with Crippen LogP contribution in [-0.4, -0.2) is 34.6 Å². The van der Waals surface area contributed by atoms with Crippen LogP contribution in [0.3, 0.4) is 0 Å². The van der Waals surface area contributed by atoms with E-state index in [2.05, 4.69) is 15.9 Å². The average Bonchev–Trinajstić information content (AvgIpc) is 2.27. The molecule has 0 saturated heterocycles. The first-order chi connectivity index (χ1) is 8.32. The Labute approximate surface area is 121 Å². The van der Waals surface area contributed by atoms with E-state index in [1.54, 1.807) is 30.0 Å². The Morgan fingerprint density at radius 2 is 2.06 bits per heavy atom. The zero-order chi connectivity index (χ0) is 13.9. The molecular formula is C13H17BrClNO2. The largest absolute Gasteiger partial charge is 0.392 e. The minimum Gasteiger partial charge on any atom is -0.392 e. The van der Waals surface area contributed by atoms with Gasteiger partial charge in [0.15, 0.2) is 0 Å². The summed E-state index contributed by atoms with van der Waals surface area (Å²) in [7, 11) is 0. The van der Waals surface area contributed by atoms with Crippen molar-refractivity contribution in [1.29, 1.82) is 0 Å². The highest BCUT2D eigenvalue weighted by atomic mass is 79.9. The second-order valence-electron chi connectivity index (χ2n) is 4.52. The van der Waals surface area contributed by atoms with Gasteiger partial charge in [0.2, 0.25) is 0 Å². The van der Waals surface area contributed by atoms with E-state index in [0.717, 1.165) is 0 Å². The maximum absolute atomic E-state index is 12.4. The number of hydrogen-bond acceptors (Lipinski definition) is 2. The number of hydrogen-bond donors (Lipinski definition) is 1. The predicted octanol–water partition coefficient (Wildman–Crippen LogP) is 3.33. The molecule has 3 nitrogen and oxygen atoms in total. The normalized spacial score (nSPS) is 12.6. The fourth-order valence-electron chi connectivity index (χ4n) is 1.63. The number of aliphatic hydroxyl groups is 1. The van der Waals surface area contributed by atoms with Crippen LogP contribution in [0.15, 0.2) is 22.7 Å². The molecule has 1 atom stereocenters. The molecule has 0 aromatic heterocycles. The van der Waals surface area contributed by atoms with Gasteiger partial charge in [-0.1, -0.05) is 11.6 Å². The number of aliphatic hydroxyl groups excluding tert-OH is 1. The van der Waals surface area contributed by atoms with Gasteiger partial charge in [-0.3, -0.25) is 4.79 Å². The Bertz CT molecular complexity index is 435. The van der Waals surface area contributed by atoms with Crippen molar-refractivity contribution in [2.24, 2.45) is 0 Å². The Hall–Kier alpha value is -0.580. The van der Waals surface area contributed by atoms with Gasteiger partial charge in [-0.25, -0.2) is 0 Å². The Morgan fingerprint density at radius 3 is 2.56 bits per heavy atom. The van der Waals surface area contributed by atoms with Crippen molar-refractivity contribution in [1.82, 2.24) is 4.90 Å². The summed E-state index contributed by atoms with van der Waals surface area (Å²) >= 11 is 9.26. The van der Waals surface area contributed by atoms with Crippen LogP contribution in [0.4, 0.5) is 0 Å². The lowest BCUT2D eigenvalue weighted by molar-refractivity contribution is 0.0578. The van der Waals surface area contributed by atoms with Crippen LogP contribution in [0.25, 0.3) is 0 Å². The van der Waals surface area contributed by atoms with Crippen molar-refractivity contribution in [3.05, 3.63) is 33.3 Å². The summed E-state index contributed by atoms with van der Waals surface area (Å²) in [4.78, 5) is 14.0. The lowest BCUT2D eigenvalue weighted by atomic mass is 10.1. The summed E-state index contributed by atoms with van der Waals surface area (Å²) in [6.45, 7) is 5.79. The van der Waals surface area contributed by atoms with Gasteiger partial charge in [-0.05, 0) is 54.9 Å². The molecule has 0 aliphatic rings. The predicted molar refractivity (Wildman–Crippen MR) is 77.0 cm³/mol. The maximum Gasteiger partial charge on any atom is 0.255 e. The summed E-state index contributed by atoms with van der Waals surface area (Å²) < 4.78 is 0.702. The summed E-state index contributed by atoms with van der Waals surface area (Å²) in [5, 5.41) is 9.98. The van der Waals surface area contributed by atoms with Crippen molar-refractivity contribution >= 4 is 33.4 Å². The number of benzene rings is 1. The molecule has 1 amide bonds. The van der Waals surface area contributed by atoms with Gasteiger partial charge in [0.1, 0.15) is 0 Å². The average molecular weight is 335 g/mol. The van der Waals surface area contributed by atoms with E-state index in [1.165, 1.54) is 0 Å². The summed E-state index contributed by atoms with van der Waals surface area (Å²) in [6.07, 6.45) is -0.561. The van der Waals surface area contributed by atoms with Crippen LogP contribution < -0.4 is 0 Å². The molecule has 1 N–H and O–H groups in total. The summed E-state index contributed by atoms with van der Waals surface area (Å²) in [6, 6.07) is 5.11. The second kappa shape index (κ2) is 6.55. The third-order valence-electron chi connectivity index (χ3n) is 2.50. The van der Waals surface area contributed by atoms with Crippen LogP contribution in [0.5, 0.6) is 0 Å². The molecule has 0 aliphatic carbocycles. The molecular weight excluding hydrogens is 318 g/mol. The fourth-order valence-corrected chi connectivity index (χ4v) is 2.22. The number of amides is 1. The molecule has 100 valence electrons. The van der Waals surface area contributed by atoms with E-state index in [4.69, 9.17) is 11.6 Å². The molecule has 1 rings (SSSR count). The SMILES string of the molecule is CC(O)CN(C(=O)c1cc(Cl)ccc1Br)C(C)C. The molecule has 0 spiro atoms. The Kier molecular flexibility index (Phi) is 5.63. The lowest BCUT2D eigenvalue weighted by Crippen LogP contribution is -2.41. The topological polar surface area (TPSA) is 40.5 Å². The van der Waals surface area contributed by atoms with Crippen molar-refractivity contribution in [2.75, 3.05) is 6.54 Å². The van der Waals surface area contributed by atoms with Crippen molar-refractivity contribution in [3.63, 3.8) is 0 Å². The molecule has 0 fully saturated rings. The quantitative estimate of drug-likeness (QED) is 0.917. The molecule has 18 heavy (non-hydrogen) atoms. The molecule has 0 aliphatic heterocycles. The van der Waals surface area contributed by atoms with Crippen molar-refractivity contribution < 1.29 is 9.90 Å². The third-order valence-corrected chi connectivity index (χ3v) is 3.43. The Balaban J connectivity index is 3.05. The van der Waals surface area contributed by atoms with Crippen LogP contribution in [0.2, 0.25) is 5.02 Å². The van der Waals surface area contributed by atoms with Gasteiger partial charge in [0.05, 0.1) is 11.7 Å². The molecule has 0 bridgehead atoms. The first kappa shape index (κ1) is 15.5. The first-order valence-corrected chi connectivity index (χ1v) is 6.94. The third kappa shape index (κ3) is 3.97. The minimum absolute atomic E-state index is 0.0120. The smallest absolute Gasteiger partial charge is 0.255 e. The maximum atomic E-state index is 12.4. The lowest BCUT2D eigenvalue weighted by Gasteiger charge is -2.28. The van der Waals surface area contributed by atoms with Gasteiger partial charge in [0, 0.05) is 22.1 Å². The first-order valence-electron chi connectivity index (χ1n) is 5.77. The van der Waals surface area contributed by atoms with Gasteiger partial charge in [-0.15, -0.1) is 0 Å². The molecule has 1 unspecified atom stereocenters. The number of rotatable bonds is 4. The molecule has 0 saturated carbocycles. The van der Waals surface area contributed by atoms with Crippen LogP contribution in [-0.2, 0) is 0 Å². The molecule has 5 heteroatoms. The molecule has 1 aromatic rings. The van der Waals surface area contributed by atoms with E-state index >= 15 is 0 Å². The Morgan fingerprint density at radius 1 is 1.44 bits per heavy atom. The van der Waals surface area contributed by atoms with Gasteiger partial charge < -0.3 is 10.0 Å². The molecule has 1 aromatic carbocycles. The summed E-state index contributed by atoms with van der Waals surface area (Å²) in [5.41, 5.74) is 0.511. The van der Waals surface area contributed by atoms with E-state index in [9.17, 15) is 9.90 Å². The van der Waals surface area contributed by atoms with Gasteiger partial charge in [-0.2, -0.15) is 0 Å². The highest BCUT2D eigenvalue weighted by Crippen LogP contribution is 2.23.